The largest absolute Gasteiger partial charge is 0.381 e. The molecule has 0 aromatic rings. The van der Waals surface area contributed by atoms with Gasteiger partial charge in [-0.05, 0) is 19.8 Å². The minimum Gasteiger partial charge on any atom is -0.381 e. The lowest BCUT2D eigenvalue weighted by Gasteiger charge is -1.99. The van der Waals surface area contributed by atoms with Gasteiger partial charge in [-0.1, -0.05) is 32.8 Å². The van der Waals surface area contributed by atoms with Crippen molar-refractivity contribution in [2.45, 2.75) is 46.5 Å². The highest BCUT2D eigenvalue weighted by molar-refractivity contribution is 4.51. The van der Waals surface area contributed by atoms with Gasteiger partial charge in [-0.2, -0.15) is 0 Å². The summed E-state index contributed by atoms with van der Waals surface area (Å²) < 4.78 is 9.81. The van der Waals surface area contributed by atoms with E-state index < -0.39 is 0 Å². The Balaban J connectivity index is 0. The second-order valence-corrected chi connectivity index (χ2v) is 3.34. The molecular weight excluding hydrogens is 188 g/mol. The van der Waals surface area contributed by atoms with Gasteiger partial charge < -0.3 is 9.47 Å². The SMILES string of the molecule is C1CO1.C=CC.CCCCOCCCC. The zero-order chi connectivity index (χ0) is 11.8. The number of ether oxygens (including phenoxy) is 2. The van der Waals surface area contributed by atoms with Gasteiger partial charge in [0.2, 0.25) is 0 Å². The Morgan fingerprint density at radius 2 is 1.47 bits per heavy atom. The molecule has 1 aliphatic heterocycles. The second kappa shape index (κ2) is 19.3. The summed E-state index contributed by atoms with van der Waals surface area (Å²) in [6.45, 7) is 13.5. The Hall–Kier alpha value is -0.340. The molecule has 0 unspecified atom stereocenters. The van der Waals surface area contributed by atoms with Gasteiger partial charge in [0, 0.05) is 13.2 Å². The molecule has 15 heavy (non-hydrogen) atoms. The van der Waals surface area contributed by atoms with Gasteiger partial charge in [0.15, 0.2) is 0 Å². The van der Waals surface area contributed by atoms with E-state index >= 15 is 0 Å². The summed E-state index contributed by atoms with van der Waals surface area (Å²) in [4.78, 5) is 0. The van der Waals surface area contributed by atoms with Gasteiger partial charge in [-0.3, -0.25) is 0 Å². The van der Waals surface area contributed by atoms with E-state index in [0.29, 0.717) is 0 Å². The molecule has 1 rings (SSSR count). The van der Waals surface area contributed by atoms with Crippen LogP contribution in [0.5, 0.6) is 0 Å². The Morgan fingerprint density at radius 3 is 1.67 bits per heavy atom. The van der Waals surface area contributed by atoms with Gasteiger partial charge in [-0.25, -0.2) is 0 Å². The highest BCUT2D eigenvalue weighted by Crippen LogP contribution is 1.91. The summed E-state index contributed by atoms with van der Waals surface area (Å²) in [5, 5.41) is 0. The van der Waals surface area contributed by atoms with Crippen molar-refractivity contribution in [2.24, 2.45) is 0 Å². The molecule has 2 heteroatoms. The van der Waals surface area contributed by atoms with Gasteiger partial charge in [0.1, 0.15) is 0 Å². The fraction of sp³-hybridized carbons (Fsp3) is 0.846. The van der Waals surface area contributed by atoms with Crippen molar-refractivity contribution in [3.63, 3.8) is 0 Å². The molecule has 0 aromatic heterocycles. The molecule has 0 atom stereocenters. The lowest BCUT2D eigenvalue weighted by Crippen LogP contribution is -1.95. The topological polar surface area (TPSA) is 21.8 Å². The van der Waals surface area contributed by atoms with Crippen molar-refractivity contribution < 1.29 is 9.47 Å². The molecule has 2 nitrogen and oxygen atoms in total. The summed E-state index contributed by atoms with van der Waals surface area (Å²) in [7, 11) is 0. The molecular formula is C13H28O2. The number of unbranched alkanes of at least 4 members (excludes halogenated alkanes) is 2. The number of rotatable bonds is 6. The van der Waals surface area contributed by atoms with Crippen LogP contribution >= 0.6 is 0 Å². The molecule has 1 heterocycles. The molecule has 0 saturated carbocycles. The number of hydrogen-bond donors (Lipinski definition) is 0. The molecule has 0 bridgehead atoms. The first-order valence-electron chi connectivity index (χ1n) is 6.05. The van der Waals surface area contributed by atoms with Crippen LogP contribution in [0.1, 0.15) is 46.5 Å². The van der Waals surface area contributed by atoms with Crippen LogP contribution in [-0.4, -0.2) is 26.4 Å². The fourth-order valence-electron chi connectivity index (χ4n) is 0.595. The zero-order valence-electron chi connectivity index (χ0n) is 10.8. The van der Waals surface area contributed by atoms with Crippen molar-refractivity contribution in [3.05, 3.63) is 12.7 Å². The number of allylic oxidation sites excluding steroid dienone is 1. The standard InChI is InChI=1S/C8H18O.C3H6.C2H4O/c1-3-5-7-9-8-6-4-2;1-3-2;1-2-3-1/h3-8H2,1-2H3;3H,1H2,2H3;1-2H2. The van der Waals surface area contributed by atoms with Crippen LogP contribution in [0.15, 0.2) is 12.7 Å². The van der Waals surface area contributed by atoms with Crippen LogP contribution in [0, 0.1) is 0 Å². The minimum absolute atomic E-state index is 0.955. The first-order valence-corrected chi connectivity index (χ1v) is 6.05. The van der Waals surface area contributed by atoms with E-state index in [2.05, 4.69) is 25.2 Å². The fourth-order valence-corrected chi connectivity index (χ4v) is 0.595. The monoisotopic (exact) mass is 216 g/mol. The van der Waals surface area contributed by atoms with Crippen molar-refractivity contribution in [1.82, 2.24) is 0 Å². The van der Waals surface area contributed by atoms with Crippen LogP contribution in [0.25, 0.3) is 0 Å². The molecule has 0 aliphatic carbocycles. The Labute approximate surface area is 95.7 Å². The van der Waals surface area contributed by atoms with E-state index in [1.54, 1.807) is 6.08 Å². The maximum absolute atomic E-state index is 5.31. The molecule has 0 spiro atoms. The third-order valence-corrected chi connectivity index (χ3v) is 1.49. The van der Waals surface area contributed by atoms with Gasteiger partial charge in [0.05, 0.1) is 13.2 Å². The Bertz CT molecular complexity index is 92.0. The third kappa shape index (κ3) is 41.9. The maximum Gasteiger partial charge on any atom is 0.0701 e. The average Bonchev–Trinajstić information content (AvgIpc) is 3.06. The summed E-state index contributed by atoms with van der Waals surface area (Å²) >= 11 is 0. The number of epoxide rings is 1. The smallest absolute Gasteiger partial charge is 0.0701 e. The summed E-state index contributed by atoms with van der Waals surface area (Å²) in [5.41, 5.74) is 0. The van der Waals surface area contributed by atoms with E-state index in [1.165, 1.54) is 25.7 Å². The van der Waals surface area contributed by atoms with E-state index in [9.17, 15) is 0 Å². The Morgan fingerprint density at radius 1 is 1.13 bits per heavy atom. The van der Waals surface area contributed by atoms with Crippen LogP contribution in [0.3, 0.4) is 0 Å². The first kappa shape index (κ1) is 17.1. The molecule has 1 saturated heterocycles. The summed E-state index contributed by atoms with van der Waals surface area (Å²) in [5.74, 6) is 0. The van der Waals surface area contributed by atoms with Crippen molar-refractivity contribution >= 4 is 0 Å². The van der Waals surface area contributed by atoms with Crippen LogP contribution in [0.4, 0.5) is 0 Å². The lowest BCUT2D eigenvalue weighted by atomic mass is 10.3. The van der Waals surface area contributed by atoms with E-state index in [-0.39, 0.29) is 0 Å². The summed E-state index contributed by atoms with van der Waals surface area (Å²) in [6.07, 6.45) is 6.66. The molecule has 92 valence electrons. The molecule has 0 N–H and O–H groups in total. The molecule has 1 aliphatic rings. The van der Waals surface area contributed by atoms with Gasteiger partial charge in [-0.15, -0.1) is 6.58 Å². The second-order valence-electron chi connectivity index (χ2n) is 3.34. The van der Waals surface area contributed by atoms with Crippen LogP contribution < -0.4 is 0 Å². The lowest BCUT2D eigenvalue weighted by molar-refractivity contribution is 0.128. The molecule has 0 radical (unpaired) electrons. The van der Waals surface area contributed by atoms with E-state index in [4.69, 9.17) is 4.74 Å². The Kier molecular flexibility index (Phi) is 21.9. The molecule has 0 aromatic carbocycles. The molecule has 1 fully saturated rings. The van der Waals surface area contributed by atoms with E-state index in [1.807, 2.05) is 6.92 Å². The van der Waals surface area contributed by atoms with Crippen LogP contribution in [-0.2, 0) is 9.47 Å². The predicted octanol–water partition coefficient (Wildman–Crippen LogP) is 3.81. The van der Waals surface area contributed by atoms with Crippen LogP contribution in [0.2, 0.25) is 0 Å². The predicted molar refractivity (Wildman–Crippen MR) is 67.3 cm³/mol. The highest BCUT2D eigenvalue weighted by Gasteiger charge is 1.94. The third-order valence-electron chi connectivity index (χ3n) is 1.49. The average molecular weight is 216 g/mol. The van der Waals surface area contributed by atoms with E-state index in [0.717, 1.165) is 26.4 Å². The first-order chi connectivity index (χ1) is 7.33. The number of hydrogen-bond acceptors (Lipinski definition) is 2. The maximum atomic E-state index is 5.31. The van der Waals surface area contributed by atoms with Crippen molar-refractivity contribution in [3.8, 4) is 0 Å². The zero-order valence-corrected chi connectivity index (χ0v) is 10.8. The minimum atomic E-state index is 0.955. The van der Waals surface area contributed by atoms with Crippen molar-refractivity contribution in [2.75, 3.05) is 26.4 Å². The van der Waals surface area contributed by atoms with Gasteiger partial charge >= 0.3 is 0 Å². The highest BCUT2D eigenvalue weighted by atomic mass is 16.6. The summed E-state index contributed by atoms with van der Waals surface area (Å²) in [6, 6.07) is 0. The normalized spacial score (nSPS) is 11.7. The van der Waals surface area contributed by atoms with Gasteiger partial charge in [0.25, 0.3) is 0 Å². The molecule has 0 amide bonds. The quantitative estimate of drug-likeness (QED) is 0.382. The van der Waals surface area contributed by atoms with Crippen molar-refractivity contribution in [1.29, 1.82) is 0 Å².